The van der Waals surface area contributed by atoms with Gasteiger partial charge in [0.15, 0.2) is 17.0 Å². The summed E-state index contributed by atoms with van der Waals surface area (Å²) in [6, 6.07) is 21.5. The van der Waals surface area contributed by atoms with Gasteiger partial charge in [-0.05, 0) is 108 Å². The summed E-state index contributed by atoms with van der Waals surface area (Å²) in [4.78, 5) is 42.5. The van der Waals surface area contributed by atoms with Crippen molar-refractivity contribution in [2.45, 2.75) is 26.9 Å². The molecule has 4 aromatic heterocycles. The summed E-state index contributed by atoms with van der Waals surface area (Å²) in [5, 5.41) is 27.7. The van der Waals surface area contributed by atoms with Crippen LogP contribution in [0, 0.1) is 28.9 Å². The first-order chi connectivity index (χ1) is 27.6. The van der Waals surface area contributed by atoms with E-state index in [-0.39, 0.29) is 24.9 Å². The summed E-state index contributed by atoms with van der Waals surface area (Å²) in [5.74, 6) is 3.56. The molecule has 6 heterocycles. The van der Waals surface area contributed by atoms with Crippen LogP contribution in [0.5, 0.6) is 0 Å². The maximum Gasteiger partial charge on any atom is 0.244 e. The fourth-order valence-corrected chi connectivity index (χ4v) is 7.74. The molecule has 0 spiro atoms. The second-order valence-electron chi connectivity index (χ2n) is 13.4. The number of anilines is 2. The Bertz CT molecular complexity index is 2420. The van der Waals surface area contributed by atoms with Gasteiger partial charge < -0.3 is 24.8 Å². The molecule has 8 rings (SSSR count). The number of nitrogens with two attached hydrogens (primary N) is 1. The molecule has 0 saturated carbocycles. The Morgan fingerprint density at radius 2 is 1.16 bits per heavy atom. The van der Waals surface area contributed by atoms with Gasteiger partial charge in [0, 0.05) is 86.2 Å². The van der Waals surface area contributed by atoms with Gasteiger partial charge in [-0.2, -0.15) is 15.5 Å². The molecule has 6 aromatic rings. The van der Waals surface area contributed by atoms with E-state index in [1.807, 2.05) is 60.0 Å². The van der Waals surface area contributed by atoms with Crippen LogP contribution in [0.15, 0.2) is 73.1 Å². The molecule has 296 valence electrons. The molecule has 0 unspecified atom stereocenters. The number of hydrogen-bond donors (Lipinski definition) is 2. The van der Waals surface area contributed by atoms with Crippen molar-refractivity contribution in [3.8, 4) is 6.07 Å². The number of aryl methyl sites for hydroxylation is 2. The van der Waals surface area contributed by atoms with Crippen molar-refractivity contribution in [2.75, 3.05) is 62.2 Å². The Kier molecular flexibility index (Phi) is 13.8. The van der Waals surface area contributed by atoms with Crippen molar-refractivity contribution in [3.63, 3.8) is 0 Å². The molecule has 2 aliphatic heterocycles. The molecule has 18 heteroatoms. The fraction of sp³-hybridized carbons (Fsp3) is 0.308. The van der Waals surface area contributed by atoms with Crippen molar-refractivity contribution in [2.24, 2.45) is 5.90 Å². The number of rotatable bonds is 6. The lowest BCUT2D eigenvalue weighted by Gasteiger charge is -2.36. The van der Waals surface area contributed by atoms with Crippen LogP contribution in [0.1, 0.15) is 16.8 Å². The minimum atomic E-state index is -0.0218. The molecule has 0 bridgehead atoms. The highest BCUT2D eigenvalue weighted by Crippen LogP contribution is 2.25. The lowest BCUT2D eigenvalue weighted by atomic mass is 10.2. The fourth-order valence-electron chi connectivity index (χ4n) is 6.82. The number of pyridine rings is 2. The van der Waals surface area contributed by atoms with E-state index in [1.54, 1.807) is 29.2 Å². The average Bonchev–Trinajstić information content (AvgIpc) is 3.76. The molecule has 2 fully saturated rings. The number of fused-ring (bicyclic) bond motifs is 2. The SMILES string of the molecule is Cc1cc(N2CCN(C(=O)Cn3nc(C#N)c4cccnc43)CC2)ccc1Cl.Cc1cc(N2CCN(C(=O)Cn3nc(I)c4cccnc43)CC2)ccc1Cl.NO. The number of nitriles is 1. The lowest BCUT2D eigenvalue weighted by molar-refractivity contribution is -0.133. The number of hydrogen-bond acceptors (Lipinski definition) is 11. The number of halogens is 3. The summed E-state index contributed by atoms with van der Waals surface area (Å²) in [6.45, 7) is 10.1. The molecule has 2 aromatic carbocycles. The predicted octanol–water partition coefficient (Wildman–Crippen LogP) is 5.29. The number of carbonyl (C=O) groups is 2. The number of benzene rings is 2. The third-order valence-electron chi connectivity index (χ3n) is 9.92. The van der Waals surface area contributed by atoms with E-state index in [9.17, 15) is 14.9 Å². The molecular weight excluding hydrogens is 882 g/mol. The minimum absolute atomic E-state index is 0.0218. The van der Waals surface area contributed by atoms with Crippen molar-refractivity contribution >= 4 is 91.0 Å². The molecular formula is C39H41Cl2IN12O3. The Morgan fingerprint density at radius 3 is 1.61 bits per heavy atom. The Labute approximate surface area is 353 Å². The topological polar surface area (TPSA) is 179 Å². The summed E-state index contributed by atoms with van der Waals surface area (Å²) < 4.78 is 4.09. The quantitative estimate of drug-likeness (QED) is 0.164. The van der Waals surface area contributed by atoms with Crippen LogP contribution in [0.3, 0.4) is 0 Å². The predicted molar refractivity (Wildman–Crippen MR) is 228 cm³/mol. The van der Waals surface area contributed by atoms with Crippen molar-refractivity contribution < 1.29 is 14.8 Å². The molecule has 0 radical (unpaired) electrons. The largest absolute Gasteiger partial charge is 0.368 e. The first-order valence-electron chi connectivity index (χ1n) is 18.1. The number of amides is 2. The molecule has 0 aliphatic carbocycles. The minimum Gasteiger partial charge on any atom is -0.368 e. The highest BCUT2D eigenvalue weighted by molar-refractivity contribution is 14.1. The smallest absolute Gasteiger partial charge is 0.244 e. The summed E-state index contributed by atoms with van der Waals surface area (Å²) >= 11 is 14.4. The third kappa shape index (κ3) is 9.57. The van der Waals surface area contributed by atoms with E-state index in [2.05, 4.69) is 76.7 Å². The van der Waals surface area contributed by atoms with Gasteiger partial charge in [0.05, 0.1) is 10.8 Å². The molecule has 57 heavy (non-hydrogen) atoms. The summed E-state index contributed by atoms with van der Waals surface area (Å²) in [6.07, 6.45) is 3.37. The van der Waals surface area contributed by atoms with Crippen LogP contribution < -0.4 is 15.7 Å². The van der Waals surface area contributed by atoms with Gasteiger partial charge >= 0.3 is 0 Å². The van der Waals surface area contributed by atoms with E-state index in [0.717, 1.165) is 73.5 Å². The Hall–Kier alpha value is -5.06. The summed E-state index contributed by atoms with van der Waals surface area (Å²) in [7, 11) is 0. The maximum absolute atomic E-state index is 12.8. The van der Waals surface area contributed by atoms with Gasteiger partial charge in [0.2, 0.25) is 11.8 Å². The zero-order valence-electron chi connectivity index (χ0n) is 31.4. The molecule has 2 aliphatic rings. The second kappa shape index (κ2) is 18.9. The number of nitrogens with zero attached hydrogens (tertiary/aromatic N) is 11. The first kappa shape index (κ1) is 41.6. The maximum atomic E-state index is 12.8. The Morgan fingerprint density at radius 1 is 0.719 bits per heavy atom. The highest BCUT2D eigenvalue weighted by Gasteiger charge is 2.25. The van der Waals surface area contributed by atoms with E-state index < -0.39 is 0 Å². The zero-order chi connectivity index (χ0) is 40.6. The molecule has 0 atom stereocenters. The van der Waals surface area contributed by atoms with Crippen LogP contribution in [-0.2, 0) is 22.7 Å². The lowest BCUT2D eigenvalue weighted by Crippen LogP contribution is -2.49. The monoisotopic (exact) mass is 922 g/mol. The summed E-state index contributed by atoms with van der Waals surface area (Å²) in [5.41, 5.74) is 5.99. The third-order valence-corrected chi connectivity index (χ3v) is 11.6. The number of carbonyl (C=O) groups excluding carboxylic acids is 2. The van der Waals surface area contributed by atoms with E-state index >= 15 is 0 Å². The zero-order valence-corrected chi connectivity index (χ0v) is 35.1. The van der Waals surface area contributed by atoms with Crippen LogP contribution in [-0.4, -0.2) is 109 Å². The normalized spacial score (nSPS) is 14.1. The van der Waals surface area contributed by atoms with Crippen molar-refractivity contribution in [1.29, 1.82) is 5.26 Å². The van der Waals surface area contributed by atoms with Crippen molar-refractivity contribution in [3.05, 3.63) is 104 Å². The van der Waals surface area contributed by atoms with Gasteiger partial charge in [-0.25, -0.2) is 25.2 Å². The molecule has 3 N–H and O–H groups in total. The number of aromatic nitrogens is 6. The van der Waals surface area contributed by atoms with Crippen LogP contribution in [0.4, 0.5) is 11.4 Å². The van der Waals surface area contributed by atoms with Gasteiger partial charge in [-0.3, -0.25) is 9.59 Å². The van der Waals surface area contributed by atoms with E-state index in [4.69, 9.17) is 28.4 Å². The van der Waals surface area contributed by atoms with Gasteiger partial charge in [0.25, 0.3) is 0 Å². The van der Waals surface area contributed by atoms with Gasteiger partial charge in [-0.1, -0.05) is 23.2 Å². The van der Waals surface area contributed by atoms with Crippen LogP contribution in [0.2, 0.25) is 10.0 Å². The standard InChI is InChI=1S/C20H19ClN6O.C19H19ClIN5O.H3NO/c1-14-11-15(4-5-17(14)21)25-7-9-26(10-8-25)19(28)13-27-20-16(3-2-6-23-20)18(12-22)24-27;1-13-11-14(4-5-16(13)20)24-7-9-25(10-8-24)17(27)12-26-19-15(18(21)23-26)3-2-6-22-19;1-2/h2-6,11H,7-10,13H2,1H3;2-6,11H,7-10,12H2,1H3;2H,1H2. The van der Waals surface area contributed by atoms with E-state index in [1.165, 1.54) is 4.68 Å². The van der Waals surface area contributed by atoms with Gasteiger partial charge in [-0.15, -0.1) is 0 Å². The number of piperazine rings is 2. The van der Waals surface area contributed by atoms with Crippen molar-refractivity contribution in [1.82, 2.24) is 39.3 Å². The first-order valence-corrected chi connectivity index (χ1v) is 20.0. The highest BCUT2D eigenvalue weighted by atomic mass is 127. The molecule has 15 nitrogen and oxygen atoms in total. The van der Waals surface area contributed by atoms with Crippen LogP contribution >= 0.6 is 45.8 Å². The molecule has 2 saturated heterocycles. The van der Waals surface area contributed by atoms with E-state index in [0.29, 0.717) is 42.9 Å². The average molecular weight is 924 g/mol. The molecule has 2 amide bonds. The Balaban J connectivity index is 0.000000185. The second-order valence-corrected chi connectivity index (χ2v) is 15.3. The van der Waals surface area contributed by atoms with Crippen LogP contribution in [0.25, 0.3) is 22.1 Å². The van der Waals surface area contributed by atoms with Gasteiger partial charge in [0.1, 0.15) is 22.9 Å².